The van der Waals surface area contributed by atoms with Gasteiger partial charge in [0.1, 0.15) is 11.6 Å². The smallest absolute Gasteiger partial charge is 0.293 e. The zero-order chi connectivity index (χ0) is 21.8. The molecule has 2 aliphatic rings. The number of nitrogens with one attached hydrogen (secondary N) is 1. The number of aryl methyl sites for hydroxylation is 2. The maximum atomic E-state index is 13.0. The minimum Gasteiger partial charge on any atom is -0.484 e. The number of imide groups is 1. The number of thioether (sulfide) groups is 1. The first-order valence-electron chi connectivity index (χ1n) is 10.0. The Morgan fingerprint density at radius 2 is 1.90 bits per heavy atom. The van der Waals surface area contributed by atoms with Gasteiger partial charge in [0.25, 0.3) is 17.1 Å². The van der Waals surface area contributed by atoms with Gasteiger partial charge in [-0.1, -0.05) is 18.2 Å². The molecule has 0 radical (unpaired) electrons. The van der Waals surface area contributed by atoms with E-state index in [0.29, 0.717) is 11.3 Å². The van der Waals surface area contributed by atoms with Gasteiger partial charge in [0, 0.05) is 13.1 Å². The standard InChI is InChI=1S/C23H21FN2O4S/c24-18-7-4-15(5-8-18)12-20-22(28)26(23(29)31-20)11-10-25-21(27)14-30-19-9-6-16-2-1-3-17(16)13-19/h4-9,12-13H,1-3,10-11,14H2,(H,25,27). The number of rotatable bonds is 7. The molecule has 0 aromatic heterocycles. The first-order chi connectivity index (χ1) is 15.0. The zero-order valence-corrected chi connectivity index (χ0v) is 17.5. The Hall–Kier alpha value is -3.13. The van der Waals surface area contributed by atoms with E-state index in [-0.39, 0.29) is 36.3 Å². The molecule has 0 unspecified atom stereocenters. The Labute approximate surface area is 183 Å². The van der Waals surface area contributed by atoms with Gasteiger partial charge in [-0.05, 0) is 78.1 Å². The van der Waals surface area contributed by atoms with Crippen molar-refractivity contribution < 1.29 is 23.5 Å². The molecule has 1 fully saturated rings. The summed E-state index contributed by atoms with van der Waals surface area (Å²) < 4.78 is 18.6. The van der Waals surface area contributed by atoms with Crippen LogP contribution < -0.4 is 10.1 Å². The van der Waals surface area contributed by atoms with Gasteiger partial charge in [-0.3, -0.25) is 19.3 Å². The summed E-state index contributed by atoms with van der Waals surface area (Å²) in [5.41, 5.74) is 3.23. The fourth-order valence-corrected chi connectivity index (χ4v) is 4.41. The summed E-state index contributed by atoms with van der Waals surface area (Å²) in [6.07, 6.45) is 4.81. The molecular formula is C23H21FN2O4S. The van der Waals surface area contributed by atoms with Crippen LogP contribution in [-0.4, -0.2) is 41.6 Å². The highest BCUT2D eigenvalue weighted by molar-refractivity contribution is 8.18. The van der Waals surface area contributed by atoms with E-state index in [1.165, 1.54) is 35.4 Å². The molecule has 4 rings (SSSR count). The van der Waals surface area contributed by atoms with Crippen molar-refractivity contribution in [1.82, 2.24) is 10.2 Å². The van der Waals surface area contributed by atoms with Crippen molar-refractivity contribution >= 4 is 34.9 Å². The SMILES string of the molecule is O=C(COc1ccc2c(c1)CCC2)NCCN1C(=O)SC(=Cc2ccc(F)cc2)C1=O. The number of hydrogen-bond donors (Lipinski definition) is 1. The van der Waals surface area contributed by atoms with Crippen LogP contribution in [0, 0.1) is 5.82 Å². The van der Waals surface area contributed by atoms with E-state index in [1.54, 1.807) is 6.08 Å². The Bertz CT molecular complexity index is 1050. The first-order valence-corrected chi connectivity index (χ1v) is 10.8. The van der Waals surface area contributed by atoms with Gasteiger partial charge in [-0.2, -0.15) is 0 Å². The number of carbonyl (C=O) groups is 3. The summed E-state index contributed by atoms with van der Waals surface area (Å²) in [7, 11) is 0. The molecule has 0 spiro atoms. The molecule has 160 valence electrons. The highest BCUT2D eigenvalue weighted by Gasteiger charge is 2.34. The summed E-state index contributed by atoms with van der Waals surface area (Å²) in [6.45, 7) is 0.0649. The molecule has 0 bridgehead atoms. The number of carbonyl (C=O) groups excluding carboxylic acids is 3. The summed E-state index contributed by atoms with van der Waals surface area (Å²) in [6, 6.07) is 11.5. The van der Waals surface area contributed by atoms with Gasteiger partial charge in [0.15, 0.2) is 6.61 Å². The van der Waals surface area contributed by atoms with E-state index < -0.39 is 11.1 Å². The van der Waals surface area contributed by atoms with E-state index in [4.69, 9.17) is 4.74 Å². The van der Waals surface area contributed by atoms with E-state index in [0.717, 1.165) is 35.9 Å². The number of benzene rings is 2. The Kier molecular flexibility index (Phi) is 6.36. The molecule has 31 heavy (non-hydrogen) atoms. The van der Waals surface area contributed by atoms with Crippen LogP contribution in [0.25, 0.3) is 6.08 Å². The van der Waals surface area contributed by atoms with Crippen LogP contribution in [0.5, 0.6) is 5.75 Å². The van der Waals surface area contributed by atoms with Crippen LogP contribution in [0.15, 0.2) is 47.4 Å². The average molecular weight is 440 g/mol. The van der Waals surface area contributed by atoms with Crippen molar-refractivity contribution in [2.24, 2.45) is 0 Å². The van der Waals surface area contributed by atoms with Crippen molar-refractivity contribution in [2.45, 2.75) is 19.3 Å². The number of amides is 3. The van der Waals surface area contributed by atoms with Gasteiger partial charge in [0.2, 0.25) is 0 Å². The first kappa shape index (κ1) is 21.1. The van der Waals surface area contributed by atoms with Gasteiger partial charge in [0.05, 0.1) is 4.91 Å². The fraction of sp³-hybridized carbons (Fsp3) is 0.261. The predicted molar refractivity (Wildman–Crippen MR) is 116 cm³/mol. The van der Waals surface area contributed by atoms with Crippen LogP contribution in [0.4, 0.5) is 9.18 Å². The molecule has 0 saturated carbocycles. The topological polar surface area (TPSA) is 75.7 Å². The van der Waals surface area contributed by atoms with E-state index in [1.807, 2.05) is 18.2 Å². The van der Waals surface area contributed by atoms with Gasteiger partial charge >= 0.3 is 0 Å². The van der Waals surface area contributed by atoms with Crippen LogP contribution in [0.2, 0.25) is 0 Å². The molecule has 2 aromatic carbocycles. The van der Waals surface area contributed by atoms with Crippen LogP contribution >= 0.6 is 11.8 Å². The van der Waals surface area contributed by atoms with Gasteiger partial charge in [-0.15, -0.1) is 0 Å². The van der Waals surface area contributed by atoms with E-state index >= 15 is 0 Å². The molecule has 2 aromatic rings. The quantitative estimate of drug-likeness (QED) is 0.667. The van der Waals surface area contributed by atoms with Crippen molar-refractivity contribution in [3.8, 4) is 5.75 Å². The average Bonchev–Trinajstić information content (AvgIpc) is 3.33. The molecule has 6 nitrogen and oxygen atoms in total. The Morgan fingerprint density at radius 1 is 1.13 bits per heavy atom. The zero-order valence-electron chi connectivity index (χ0n) is 16.7. The number of nitrogens with zero attached hydrogens (tertiary/aromatic N) is 1. The number of ether oxygens (including phenoxy) is 1. The maximum absolute atomic E-state index is 13.0. The lowest BCUT2D eigenvalue weighted by Gasteiger charge is -2.13. The lowest BCUT2D eigenvalue weighted by molar-refractivity contribution is -0.125. The molecular weight excluding hydrogens is 419 g/mol. The van der Waals surface area contributed by atoms with Crippen molar-refractivity contribution in [1.29, 1.82) is 0 Å². The molecule has 8 heteroatoms. The normalized spacial score (nSPS) is 16.7. The second kappa shape index (κ2) is 9.34. The third-order valence-corrected chi connectivity index (χ3v) is 6.05. The minimum atomic E-state index is -0.428. The maximum Gasteiger partial charge on any atom is 0.293 e. The largest absolute Gasteiger partial charge is 0.484 e. The summed E-state index contributed by atoms with van der Waals surface area (Å²) in [5.74, 6) is -0.467. The lowest BCUT2D eigenvalue weighted by Crippen LogP contribution is -2.38. The molecule has 1 aliphatic carbocycles. The van der Waals surface area contributed by atoms with Gasteiger partial charge < -0.3 is 10.1 Å². The predicted octanol–water partition coefficient (Wildman–Crippen LogP) is 3.55. The second-order valence-electron chi connectivity index (χ2n) is 7.31. The molecule has 0 atom stereocenters. The van der Waals surface area contributed by atoms with Crippen molar-refractivity contribution in [2.75, 3.05) is 19.7 Å². The highest BCUT2D eigenvalue weighted by Crippen LogP contribution is 2.32. The third-order valence-electron chi connectivity index (χ3n) is 5.14. The number of hydrogen-bond acceptors (Lipinski definition) is 5. The number of halogens is 1. The molecule has 1 saturated heterocycles. The minimum absolute atomic E-state index is 0.0655. The number of fused-ring (bicyclic) bond motifs is 1. The summed E-state index contributed by atoms with van der Waals surface area (Å²) in [5, 5.41) is 2.26. The van der Waals surface area contributed by atoms with E-state index in [9.17, 15) is 18.8 Å². The molecule has 1 aliphatic heterocycles. The molecule has 3 amide bonds. The van der Waals surface area contributed by atoms with Crippen LogP contribution in [0.3, 0.4) is 0 Å². The monoisotopic (exact) mass is 440 g/mol. The molecule has 1 heterocycles. The third kappa shape index (κ3) is 5.14. The second-order valence-corrected chi connectivity index (χ2v) is 8.30. The molecule has 1 N–H and O–H groups in total. The fourth-order valence-electron chi connectivity index (χ4n) is 3.55. The summed E-state index contributed by atoms with van der Waals surface area (Å²) >= 11 is 0.824. The highest BCUT2D eigenvalue weighted by atomic mass is 32.2. The van der Waals surface area contributed by atoms with Crippen molar-refractivity contribution in [3.63, 3.8) is 0 Å². The Balaban J connectivity index is 1.24. The summed E-state index contributed by atoms with van der Waals surface area (Å²) in [4.78, 5) is 38.0. The van der Waals surface area contributed by atoms with Gasteiger partial charge in [-0.25, -0.2) is 4.39 Å². The van der Waals surface area contributed by atoms with Crippen LogP contribution in [-0.2, 0) is 22.4 Å². The van der Waals surface area contributed by atoms with Crippen molar-refractivity contribution in [3.05, 3.63) is 69.9 Å². The lowest BCUT2D eigenvalue weighted by atomic mass is 10.1. The Morgan fingerprint density at radius 3 is 2.71 bits per heavy atom. The van der Waals surface area contributed by atoms with Crippen LogP contribution in [0.1, 0.15) is 23.1 Å². The van der Waals surface area contributed by atoms with E-state index in [2.05, 4.69) is 5.32 Å².